The molecule has 0 aromatic heterocycles. The van der Waals surface area contributed by atoms with E-state index >= 15 is 0 Å². The van der Waals surface area contributed by atoms with Crippen LogP contribution in [0.1, 0.15) is 13.8 Å². The van der Waals surface area contributed by atoms with E-state index in [-0.39, 0.29) is 16.0 Å². The molecule has 1 N–H and O–H groups in total. The summed E-state index contributed by atoms with van der Waals surface area (Å²) in [7, 11) is 1.59. The van der Waals surface area contributed by atoms with Gasteiger partial charge in [-0.25, -0.2) is 12.7 Å². The molecular weight excluding hydrogens is 465 g/mol. The molecule has 2 aromatic carbocycles. The fourth-order valence-electron chi connectivity index (χ4n) is 3.33. The van der Waals surface area contributed by atoms with Gasteiger partial charge in [0.1, 0.15) is 4.90 Å². The number of sulfonamides is 1. The summed E-state index contributed by atoms with van der Waals surface area (Å²) in [4.78, 5) is 14.4. The first-order valence-electron chi connectivity index (χ1n) is 9.11. The van der Waals surface area contributed by atoms with E-state index in [2.05, 4.69) is 0 Å². The van der Waals surface area contributed by atoms with Crippen molar-refractivity contribution in [3.05, 3.63) is 51.4 Å². The highest BCUT2D eigenvalue weighted by atomic mass is 35.5. The molecule has 0 saturated carbocycles. The van der Waals surface area contributed by atoms with Crippen molar-refractivity contribution in [3.63, 3.8) is 0 Å². The van der Waals surface area contributed by atoms with Crippen LogP contribution >= 0.6 is 35.0 Å². The first-order chi connectivity index (χ1) is 13.8. The Morgan fingerprint density at radius 3 is 2.13 bits per heavy atom. The Bertz CT molecular complexity index is 1010. The zero-order valence-electron chi connectivity index (χ0n) is 17.6. The van der Waals surface area contributed by atoms with Crippen LogP contribution in [-0.4, -0.2) is 51.9 Å². The fraction of sp³-hybridized carbons (Fsp3) is 0.400. The molecule has 2 aromatic rings. The Hall–Kier alpha value is -1.16. The third-order valence-electron chi connectivity index (χ3n) is 4.21. The smallest absolute Gasteiger partial charge is 0.254 e. The Morgan fingerprint density at radius 2 is 1.60 bits per heavy atom. The number of hydrogen-bond donors (Lipinski definition) is 1. The minimum atomic E-state index is -3.86. The van der Waals surface area contributed by atoms with Crippen molar-refractivity contribution in [2.45, 2.75) is 28.5 Å². The molecule has 10 heteroatoms. The molecule has 0 saturated heterocycles. The zero-order chi connectivity index (χ0) is 22.7. The lowest BCUT2D eigenvalue weighted by molar-refractivity contribution is -0.379. The van der Waals surface area contributed by atoms with Gasteiger partial charge in [-0.3, -0.25) is 0 Å². The van der Waals surface area contributed by atoms with Crippen LogP contribution in [-0.2, 0) is 10.0 Å². The predicted molar refractivity (Wildman–Crippen MR) is 123 cm³/mol. The number of nitrogens with one attached hydrogen (secondary N) is 1. The third kappa shape index (κ3) is 6.67. The summed E-state index contributed by atoms with van der Waals surface area (Å²) < 4.78 is 28.2. The van der Waals surface area contributed by atoms with E-state index in [4.69, 9.17) is 23.2 Å². The maximum absolute atomic E-state index is 13.4. The van der Waals surface area contributed by atoms with Crippen molar-refractivity contribution in [1.29, 1.82) is 0 Å². The first-order valence-corrected chi connectivity index (χ1v) is 12.1. The number of nitroso groups, excluding NO2 is 1. The summed E-state index contributed by atoms with van der Waals surface area (Å²) in [6.45, 7) is 5.06. The zero-order valence-corrected chi connectivity index (χ0v) is 20.7. The van der Waals surface area contributed by atoms with Crippen molar-refractivity contribution in [3.8, 4) is 0 Å². The van der Waals surface area contributed by atoms with Crippen LogP contribution in [0.5, 0.6) is 0 Å². The lowest BCUT2D eigenvalue weighted by atomic mass is 9.93. The van der Waals surface area contributed by atoms with Gasteiger partial charge in [-0.2, -0.15) is 0 Å². The van der Waals surface area contributed by atoms with E-state index in [1.54, 1.807) is 36.5 Å². The minimum Gasteiger partial charge on any atom is -0.309 e. The molecule has 6 nitrogen and oxygen atoms in total. The summed E-state index contributed by atoms with van der Waals surface area (Å²) in [5.41, 5.74) is -0.101. The van der Waals surface area contributed by atoms with Crippen molar-refractivity contribution in [1.82, 2.24) is 9.21 Å². The number of benzene rings is 2. The number of halogens is 2. The molecule has 0 aliphatic carbocycles. The summed E-state index contributed by atoms with van der Waals surface area (Å²) in [5.74, 6) is 0. The van der Waals surface area contributed by atoms with Gasteiger partial charge in [-0.15, -0.1) is 0 Å². The van der Waals surface area contributed by atoms with Crippen molar-refractivity contribution >= 4 is 50.7 Å². The highest BCUT2D eigenvalue weighted by Crippen LogP contribution is 2.37. The van der Waals surface area contributed by atoms with Crippen LogP contribution in [0, 0.1) is 10.3 Å². The van der Waals surface area contributed by atoms with Crippen LogP contribution in [0.15, 0.2) is 51.1 Å². The molecule has 164 valence electrons. The molecule has 0 heterocycles. The fourth-order valence-corrected chi connectivity index (χ4v) is 6.80. The molecule has 0 aliphatic heterocycles. The van der Waals surface area contributed by atoms with Crippen LogP contribution in [0.2, 0.25) is 10.0 Å². The molecular formula is C20H26Cl2N3O3S2+. The second-order valence-electron chi connectivity index (χ2n) is 8.13. The number of nitrogens with zero attached hydrogens (tertiary/aromatic N) is 2. The maximum Gasteiger partial charge on any atom is 0.254 e. The Kier molecular flexibility index (Phi) is 8.35. The monoisotopic (exact) mass is 490 g/mol. The molecule has 0 atom stereocenters. The van der Waals surface area contributed by atoms with Gasteiger partial charge in [-0.1, -0.05) is 48.8 Å². The summed E-state index contributed by atoms with van der Waals surface area (Å²) in [6.07, 6.45) is 0. The van der Waals surface area contributed by atoms with Gasteiger partial charge in [0, 0.05) is 62.2 Å². The Morgan fingerprint density at radius 1 is 1.00 bits per heavy atom. The van der Waals surface area contributed by atoms with Gasteiger partial charge < -0.3 is 4.90 Å². The van der Waals surface area contributed by atoms with Gasteiger partial charge in [0.15, 0.2) is 0 Å². The second-order valence-corrected chi connectivity index (χ2v) is 12.1. The van der Waals surface area contributed by atoms with E-state index in [9.17, 15) is 13.3 Å². The van der Waals surface area contributed by atoms with Gasteiger partial charge in [0.05, 0.1) is 0 Å². The van der Waals surface area contributed by atoms with E-state index in [1.165, 1.54) is 28.2 Å². The standard InChI is InChI=1S/C20H25Cl2N3O3S2/c1-20(2,12-24(3)4)13-25(5)30(27,28)19-11-16(23-26)6-7-18(19)29-17-9-14(21)8-15(22)10-17/h6-11H,12-13H2,1-5H3/p+1. The summed E-state index contributed by atoms with van der Waals surface area (Å²) >= 11 is 13.4. The molecule has 30 heavy (non-hydrogen) atoms. The average Bonchev–Trinajstić information content (AvgIpc) is 2.59. The molecule has 0 spiro atoms. The van der Waals surface area contributed by atoms with Crippen LogP contribution in [0.4, 0.5) is 5.69 Å². The van der Waals surface area contributed by atoms with E-state index in [0.717, 1.165) is 6.54 Å². The third-order valence-corrected chi connectivity index (χ3v) is 7.66. The van der Waals surface area contributed by atoms with Crippen LogP contribution in [0.3, 0.4) is 0 Å². The van der Waals surface area contributed by atoms with Crippen molar-refractivity contribution in [2.24, 2.45) is 5.41 Å². The summed E-state index contributed by atoms with van der Waals surface area (Å²) in [5, 5.41) is 2.68. The van der Waals surface area contributed by atoms with E-state index in [0.29, 0.717) is 26.4 Å². The topological polar surface area (TPSA) is 71.7 Å². The van der Waals surface area contributed by atoms with Crippen molar-refractivity contribution in [2.75, 3.05) is 34.2 Å². The highest BCUT2D eigenvalue weighted by molar-refractivity contribution is 8.00. The quantitative estimate of drug-likeness (QED) is 0.578. The summed E-state index contributed by atoms with van der Waals surface area (Å²) in [6, 6.07) is 9.51. The molecule has 0 aliphatic rings. The lowest BCUT2D eigenvalue weighted by Gasteiger charge is -2.32. The van der Waals surface area contributed by atoms with Gasteiger partial charge in [0.25, 0.3) is 5.69 Å². The lowest BCUT2D eigenvalue weighted by Crippen LogP contribution is -2.55. The largest absolute Gasteiger partial charge is 0.309 e. The Labute approximate surface area is 192 Å². The molecule has 0 radical (unpaired) electrons. The molecule has 0 amide bonds. The van der Waals surface area contributed by atoms with Gasteiger partial charge >= 0.3 is 0 Å². The van der Waals surface area contributed by atoms with Gasteiger partial charge in [-0.05, 0) is 43.8 Å². The molecule has 0 unspecified atom stereocenters. The van der Waals surface area contributed by atoms with E-state index < -0.39 is 10.0 Å². The minimum absolute atomic E-state index is 0.0487. The van der Waals surface area contributed by atoms with E-state index in [1.807, 2.05) is 32.8 Å². The highest BCUT2D eigenvalue weighted by Gasteiger charge is 2.31. The number of rotatable bonds is 9. The Balaban J connectivity index is 2.45. The van der Waals surface area contributed by atoms with Gasteiger partial charge in [0.2, 0.25) is 10.0 Å². The SMILES string of the molecule is CN(C)CC(C)(C)CN(C)S(=O)(=O)c1cc([NH+]=O)ccc1Sc1cc(Cl)cc(Cl)c1. The molecule has 2 rings (SSSR count). The maximum atomic E-state index is 13.4. The van der Waals surface area contributed by atoms with Crippen LogP contribution in [0.25, 0.3) is 0 Å². The number of hydrogen-bond acceptors (Lipinski definition) is 5. The normalized spacial score (nSPS) is 12.6. The average molecular weight is 491 g/mol. The predicted octanol–water partition coefficient (Wildman–Crippen LogP) is 3.83. The van der Waals surface area contributed by atoms with Crippen molar-refractivity contribution < 1.29 is 13.6 Å². The molecule has 0 bridgehead atoms. The first kappa shape index (κ1) is 25.1. The second kappa shape index (κ2) is 9.97. The molecule has 0 fully saturated rings. The van der Waals surface area contributed by atoms with Crippen LogP contribution < -0.4 is 5.18 Å².